The van der Waals surface area contributed by atoms with E-state index in [1.165, 1.54) is 13.0 Å². The molecule has 2 nitrogen and oxygen atoms in total. The molecule has 0 saturated carbocycles. The van der Waals surface area contributed by atoms with Crippen LogP contribution in [0.25, 0.3) is 0 Å². The van der Waals surface area contributed by atoms with Crippen molar-refractivity contribution in [1.82, 2.24) is 10.2 Å². The molecule has 0 aliphatic carbocycles. The maximum Gasteiger partial charge on any atom is 1.00 e. The summed E-state index contributed by atoms with van der Waals surface area (Å²) in [5.74, 6) is 0. The number of rotatable bonds is 4. The third kappa shape index (κ3) is 15.9. The Morgan fingerprint density at radius 2 is 1.80 bits per heavy atom. The second-order valence-corrected chi connectivity index (χ2v) is 2.26. The van der Waals surface area contributed by atoms with E-state index in [4.69, 9.17) is 0 Å². The van der Waals surface area contributed by atoms with Gasteiger partial charge in [0.15, 0.2) is 0 Å². The zero-order valence-electron chi connectivity index (χ0n) is 6.75. The maximum absolute atomic E-state index is 3.10. The summed E-state index contributed by atoms with van der Waals surface area (Å²) >= 11 is 0. The maximum atomic E-state index is 3.10. The molecule has 1 N–H and O–H groups in total. The second-order valence-electron chi connectivity index (χ2n) is 2.26. The first kappa shape index (κ1) is 17.0. The van der Waals surface area contributed by atoms with E-state index in [9.17, 15) is 0 Å². The van der Waals surface area contributed by atoms with Crippen molar-refractivity contribution in [3.05, 3.63) is 0 Å². The molecule has 0 atom stereocenters. The molecule has 0 radical (unpaired) electrons. The van der Waals surface area contributed by atoms with Crippen molar-refractivity contribution < 1.29 is 29.5 Å². The summed E-state index contributed by atoms with van der Waals surface area (Å²) in [5, 5.41) is 3.10. The van der Waals surface area contributed by atoms with Crippen LogP contribution in [0.1, 0.15) is 6.42 Å². The van der Waals surface area contributed by atoms with Crippen LogP contribution in [0.4, 0.5) is 0 Å². The monoisotopic (exact) mass is 214 g/mol. The molecular weight excluding hydrogens is 199 g/mol. The van der Waals surface area contributed by atoms with Crippen molar-refractivity contribution in [2.24, 2.45) is 0 Å². The number of nitrogens with zero attached hydrogens (tertiary/aromatic N) is 1. The Kier molecular flexibility index (Phi) is 21.1. The van der Waals surface area contributed by atoms with Gasteiger partial charge in [0.05, 0.1) is 0 Å². The van der Waals surface area contributed by atoms with Crippen LogP contribution < -0.4 is 17.7 Å². The van der Waals surface area contributed by atoms with Gasteiger partial charge in [-0.2, -0.15) is 0 Å². The van der Waals surface area contributed by atoms with E-state index in [1.807, 2.05) is 7.05 Å². The fraction of sp³-hybridized carbons (Fsp3) is 1.00. The summed E-state index contributed by atoms with van der Waals surface area (Å²) in [6.45, 7) is 2.30. The van der Waals surface area contributed by atoms with Gasteiger partial charge in [0.25, 0.3) is 0 Å². The van der Waals surface area contributed by atoms with E-state index >= 15 is 0 Å². The molecule has 0 aromatic rings. The Balaban J connectivity index is -0.000000245. The van der Waals surface area contributed by atoms with Crippen LogP contribution in [0.3, 0.4) is 0 Å². The molecule has 0 aliphatic heterocycles. The third-order valence-electron chi connectivity index (χ3n) is 1.03. The zero-order valence-corrected chi connectivity index (χ0v) is 8.45. The standard InChI is InChI=1S/C6H16N2.ClH.Cu/c1-7-5-4-6-8(2)3;;/h7H,4-6H2,1-3H3;1H;/q;;+1/p-1. The predicted octanol–water partition coefficient (Wildman–Crippen LogP) is -2.84. The van der Waals surface area contributed by atoms with Crippen molar-refractivity contribution in [3.8, 4) is 0 Å². The largest absolute Gasteiger partial charge is 1.00 e. The summed E-state index contributed by atoms with van der Waals surface area (Å²) in [6, 6.07) is 0. The van der Waals surface area contributed by atoms with Crippen LogP contribution in [0.15, 0.2) is 0 Å². The van der Waals surface area contributed by atoms with Gasteiger partial charge < -0.3 is 22.6 Å². The van der Waals surface area contributed by atoms with E-state index in [1.54, 1.807) is 0 Å². The SMILES string of the molecule is CNCCCN(C)C.[Cl-].[Cu+]. The number of hydrogen-bond donors (Lipinski definition) is 1. The molecule has 0 rings (SSSR count). The molecule has 0 heterocycles. The van der Waals surface area contributed by atoms with Crippen LogP contribution in [-0.2, 0) is 17.1 Å². The number of hydrogen-bond acceptors (Lipinski definition) is 2. The minimum absolute atomic E-state index is 0. The van der Waals surface area contributed by atoms with E-state index < -0.39 is 0 Å². The Bertz CT molecular complexity index is 53.0. The quantitative estimate of drug-likeness (QED) is 0.401. The summed E-state index contributed by atoms with van der Waals surface area (Å²) in [6.07, 6.45) is 1.24. The third-order valence-corrected chi connectivity index (χ3v) is 1.03. The summed E-state index contributed by atoms with van der Waals surface area (Å²) in [5.41, 5.74) is 0. The van der Waals surface area contributed by atoms with Crippen molar-refractivity contribution in [2.45, 2.75) is 6.42 Å². The van der Waals surface area contributed by atoms with Gasteiger partial charge >= 0.3 is 17.1 Å². The minimum atomic E-state index is 0. The average molecular weight is 215 g/mol. The molecule has 0 aliphatic rings. The number of nitrogens with one attached hydrogen (secondary N) is 1. The minimum Gasteiger partial charge on any atom is -1.00 e. The van der Waals surface area contributed by atoms with Gasteiger partial charge in [-0.3, -0.25) is 0 Å². The van der Waals surface area contributed by atoms with Gasteiger partial charge in [-0.25, -0.2) is 0 Å². The van der Waals surface area contributed by atoms with E-state index in [0.29, 0.717) is 0 Å². The van der Waals surface area contributed by atoms with E-state index in [0.717, 1.165) is 6.54 Å². The van der Waals surface area contributed by atoms with Crippen LogP contribution >= 0.6 is 0 Å². The molecule has 68 valence electrons. The van der Waals surface area contributed by atoms with Crippen molar-refractivity contribution in [1.29, 1.82) is 0 Å². The fourth-order valence-corrected chi connectivity index (χ4v) is 0.572. The summed E-state index contributed by atoms with van der Waals surface area (Å²) in [4.78, 5) is 2.19. The first-order valence-corrected chi connectivity index (χ1v) is 3.06. The second kappa shape index (κ2) is 12.4. The molecule has 0 amide bonds. The van der Waals surface area contributed by atoms with Gasteiger partial charge in [0.1, 0.15) is 0 Å². The van der Waals surface area contributed by atoms with Crippen LogP contribution in [-0.4, -0.2) is 39.1 Å². The molecule has 0 spiro atoms. The Labute approximate surface area is 80.6 Å². The zero-order chi connectivity index (χ0) is 6.41. The first-order valence-electron chi connectivity index (χ1n) is 3.06. The first-order chi connectivity index (χ1) is 3.77. The van der Waals surface area contributed by atoms with Crippen molar-refractivity contribution in [2.75, 3.05) is 34.2 Å². The summed E-state index contributed by atoms with van der Waals surface area (Å²) in [7, 11) is 6.17. The van der Waals surface area contributed by atoms with Crippen LogP contribution in [0.2, 0.25) is 0 Å². The molecule has 10 heavy (non-hydrogen) atoms. The van der Waals surface area contributed by atoms with Gasteiger partial charge in [0, 0.05) is 0 Å². The van der Waals surface area contributed by atoms with E-state index in [-0.39, 0.29) is 29.5 Å². The topological polar surface area (TPSA) is 15.3 Å². The van der Waals surface area contributed by atoms with Gasteiger partial charge in [-0.15, -0.1) is 0 Å². The van der Waals surface area contributed by atoms with Gasteiger partial charge in [-0.1, -0.05) is 0 Å². The van der Waals surface area contributed by atoms with Gasteiger partial charge in [0.2, 0.25) is 0 Å². The van der Waals surface area contributed by atoms with Crippen LogP contribution in [0, 0.1) is 0 Å². The molecular formula is C6H16ClCuN2. The molecule has 0 bridgehead atoms. The van der Waals surface area contributed by atoms with Crippen molar-refractivity contribution >= 4 is 0 Å². The van der Waals surface area contributed by atoms with Crippen LogP contribution in [0.5, 0.6) is 0 Å². The molecule has 0 aromatic heterocycles. The van der Waals surface area contributed by atoms with Crippen molar-refractivity contribution in [3.63, 3.8) is 0 Å². The number of halogens is 1. The predicted molar refractivity (Wildman–Crippen MR) is 37.1 cm³/mol. The Morgan fingerprint density at radius 3 is 2.10 bits per heavy atom. The fourth-order valence-electron chi connectivity index (χ4n) is 0.572. The van der Waals surface area contributed by atoms with E-state index in [2.05, 4.69) is 24.3 Å². The summed E-state index contributed by atoms with van der Waals surface area (Å²) < 4.78 is 0. The Hall–Kier alpha value is 0.729. The molecule has 0 aromatic carbocycles. The average Bonchev–Trinajstić information content (AvgIpc) is 1.66. The Morgan fingerprint density at radius 1 is 1.30 bits per heavy atom. The van der Waals surface area contributed by atoms with Gasteiger partial charge in [-0.05, 0) is 40.7 Å². The molecule has 4 heteroatoms. The molecule has 0 saturated heterocycles. The smallest absolute Gasteiger partial charge is 1.00 e. The molecule has 0 fully saturated rings. The normalized spacial score (nSPS) is 8.40. The molecule has 0 unspecified atom stereocenters.